The number of carbonyl (C=O) groups is 1. The highest BCUT2D eigenvalue weighted by Gasteiger charge is 2.15. The van der Waals surface area contributed by atoms with E-state index in [2.05, 4.69) is 21.2 Å². The number of nitrogens with zero attached hydrogens (tertiary/aromatic N) is 4. The number of pyridine rings is 1. The maximum atomic E-state index is 11.5. The topological polar surface area (TPSA) is 111 Å². The molecule has 0 bridgehead atoms. The zero-order chi connectivity index (χ0) is 21.5. The van der Waals surface area contributed by atoms with Gasteiger partial charge in [-0.25, -0.2) is 0 Å². The summed E-state index contributed by atoms with van der Waals surface area (Å²) in [5.74, 6) is 0.939. The van der Waals surface area contributed by atoms with Gasteiger partial charge in [0.25, 0.3) is 5.89 Å². The van der Waals surface area contributed by atoms with Gasteiger partial charge >= 0.3 is 5.97 Å². The van der Waals surface area contributed by atoms with Crippen LogP contribution in [0, 0.1) is 11.3 Å². The summed E-state index contributed by atoms with van der Waals surface area (Å²) in [5, 5.41) is 13.4. The lowest BCUT2D eigenvalue weighted by Crippen LogP contribution is -2.06. The molecular formula is C22H22N4O4. The van der Waals surface area contributed by atoms with Gasteiger partial charge < -0.3 is 14.0 Å². The molecule has 8 nitrogen and oxygen atoms in total. The fourth-order valence-electron chi connectivity index (χ4n) is 2.78. The Hall–Kier alpha value is -3.73. The minimum absolute atomic E-state index is 0.0392. The molecule has 0 atom stereocenters. The summed E-state index contributed by atoms with van der Waals surface area (Å²) in [6, 6.07) is 10.9. The summed E-state index contributed by atoms with van der Waals surface area (Å²) in [5.41, 5.74) is 2.47. The van der Waals surface area contributed by atoms with Gasteiger partial charge in [0.05, 0.1) is 24.7 Å². The Morgan fingerprint density at radius 1 is 1.23 bits per heavy atom. The lowest BCUT2D eigenvalue weighted by Gasteiger charge is -2.11. The molecule has 0 fully saturated rings. The first-order chi connectivity index (χ1) is 14.5. The number of benzene rings is 1. The molecule has 1 aromatic carbocycles. The second kappa shape index (κ2) is 9.65. The summed E-state index contributed by atoms with van der Waals surface area (Å²) in [4.78, 5) is 20.3. The zero-order valence-corrected chi connectivity index (χ0v) is 17.1. The van der Waals surface area contributed by atoms with Crippen LogP contribution in [0.2, 0.25) is 0 Å². The number of esters is 1. The van der Waals surface area contributed by atoms with Gasteiger partial charge in [-0.15, -0.1) is 0 Å². The molecule has 0 aliphatic rings. The van der Waals surface area contributed by atoms with Crippen molar-refractivity contribution in [1.82, 2.24) is 15.1 Å². The fourth-order valence-corrected chi connectivity index (χ4v) is 2.78. The van der Waals surface area contributed by atoms with E-state index in [1.165, 1.54) is 0 Å². The maximum Gasteiger partial charge on any atom is 0.306 e. The first-order valence-corrected chi connectivity index (χ1v) is 9.66. The third-order valence-electron chi connectivity index (χ3n) is 4.10. The molecule has 8 heteroatoms. The molecule has 0 aliphatic heterocycles. The second-order valence-corrected chi connectivity index (χ2v) is 6.75. The van der Waals surface area contributed by atoms with Gasteiger partial charge in [0.1, 0.15) is 11.8 Å². The number of rotatable bonds is 8. The van der Waals surface area contributed by atoms with Gasteiger partial charge in [0.15, 0.2) is 0 Å². The number of hydrogen-bond donors (Lipinski definition) is 0. The first kappa shape index (κ1) is 21.0. The molecule has 2 heterocycles. The molecule has 0 N–H and O–H groups in total. The third-order valence-corrected chi connectivity index (χ3v) is 4.10. The third kappa shape index (κ3) is 5.20. The van der Waals surface area contributed by atoms with Crippen LogP contribution in [-0.4, -0.2) is 33.8 Å². The molecule has 0 saturated carbocycles. The van der Waals surface area contributed by atoms with Crippen LogP contribution in [0.4, 0.5) is 0 Å². The van der Waals surface area contributed by atoms with E-state index >= 15 is 0 Å². The van der Waals surface area contributed by atoms with E-state index in [0.29, 0.717) is 41.6 Å². The molecule has 3 rings (SSSR count). The molecule has 0 unspecified atom stereocenters. The van der Waals surface area contributed by atoms with Crippen molar-refractivity contribution in [1.29, 1.82) is 5.26 Å². The van der Waals surface area contributed by atoms with Crippen LogP contribution in [-0.2, 0) is 16.0 Å². The summed E-state index contributed by atoms with van der Waals surface area (Å²) in [6.07, 6.45) is 2.31. The Bertz CT molecular complexity index is 1070. The van der Waals surface area contributed by atoms with Crippen molar-refractivity contribution in [2.45, 2.75) is 39.7 Å². The standard InChI is InChI=1S/C22H22N4O4/c1-4-28-20(27)8-6-18-12-15(9-10-24-18)21-25-22(30-26-21)16-5-7-19(29-14(2)3)17(11-16)13-23/h5,7,9-12,14H,4,6,8H2,1-3H3. The summed E-state index contributed by atoms with van der Waals surface area (Å²) in [7, 11) is 0. The average molecular weight is 406 g/mol. The van der Waals surface area contributed by atoms with Crippen molar-refractivity contribution < 1.29 is 18.8 Å². The largest absolute Gasteiger partial charge is 0.490 e. The van der Waals surface area contributed by atoms with Gasteiger partial charge in [-0.1, -0.05) is 5.16 Å². The van der Waals surface area contributed by atoms with E-state index in [0.717, 1.165) is 11.3 Å². The minimum atomic E-state index is -0.259. The number of aryl methyl sites for hydroxylation is 1. The van der Waals surface area contributed by atoms with E-state index < -0.39 is 0 Å². The van der Waals surface area contributed by atoms with Crippen molar-refractivity contribution >= 4 is 5.97 Å². The lowest BCUT2D eigenvalue weighted by atomic mass is 10.1. The molecule has 0 saturated heterocycles. The Morgan fingerprint density at radius 2 is 2.07 bits per heavy atom. The van der Waals surface area contributed by atoms with Crippen LogP contribution in [0.1, 0.15) is 38.4 Å². The van der Waals surface area contributed by atoms with Crippen molar-refractivity contribution in [2.24, 2.45) is 0 Å². The Balaban J connectivity index is 1.79. The predicted octanol–water partition coefficient (Wildman–Crippen LogP) is 3.95. The second-order valence-electron chi connectivity index (χ2n) is 6.75. The maximum absolute atomic E-state index is 11.5. The molecule has 0 aliphatic carbocycles. The van der Waals surface area contributed by atoms with Crippen molar-refractivity contribution in [3.63, 3.8) is 0 Å². The molecule has 3 aromatic rings. The number of carbonyl (C=O) groups excluding carboxylic acids is 1. The van der Waals surface area contributed by atoms with E-state index in [1.807, 2.05) is 19.9 Å². The molecule has 0 radical (unpaired) electrons. The summed E-state index contributed by atoms with van der Waals surface area (Å²) >= 11 is 0. The smallest absolute Gasteiger partial charge is 0.306 e. The number of nitriles is 1. The minimum Gasteiger partial charge on any atom is -0.490 e. The van der Waals surface area contributed by atoms with Crippen LogP contribution in [0.5, 0.6) is 5.75 Å². The summed E-state index contributed by atoms with van der Waals surface area (Å²) in [6.45, 7) is 5.93. The van der Waals surface area contributed by atoms with Gasteiger partial charge in [0.2, 0.25) is 5.82 Å². The molecule has 30 heavy (non-hydrogen) atoms. The number of ether oxygens (including phenoxy) is 2. The molecule has 0 spiro atoms. The number of aromatic nitrogens is 3. The van der Waals surface area contributed by atoms with Crippen LogP contribution in [0.25, 0.3) is 22.8 Å². The Kier molecular flexibility index (Phi) is 6.75. The Morgan fingerprint density at radius 3 is 2.80 bits per heavy atom. The van der Waals surface area contributed by atoms with Gasteiger partial charge in [-0.05, 0) is 51.1 Å². The monoisotopic (exact) mass is 406 g/mol. The normalized spacial score (nSPS) is 10.6. The van der Waals surface area contributed by atoms with E-state index in [9.17, 15) is 10.1 Å². The highest BCUT2D eigenvalue weighted by atomic mass is 16.5. The van der Waals surface area contributed by atoms with Crippen molar-refractivity contribution in [3.8, 4) is 34.7 Å². The van der Waals surface area contributed by atoms with Crippen LogP contribution >= 0.6 is 0 Å². The quantitative estimate of drug-likeness (QED) is 0.517. The van der Waals surface area contributed by atoms with E-state index in [1.54, 1.807) is 37.4 Å². The van der Waals surface area contributed by atoms with Gasteiger partial charge in [-0.3, -0.25) is 9.78 Å². The highest BCUT2D eigenvalue weighted by molar-refractivity contribution is 5.69. The van der Waals surface area contributed by atoms with Crippen LogP contribution < -0.4 is 4.74 Å². The lowest BCUT2D eigenvalue weighted by molar-refractivity contribution is -0.143. The molecule has 2 aromatic heterocycles. The zero-order valence-electron chi connectivity index (χ0n) is 17.1. The Labute approximate surface area is 174 Å². The van der Waals surface area contributed by atoms with Crippen LogP contribution in [0.3, 0.4) is 0 Å². The molecule has 0 amide bonds. The molecular weight excluding hydrogens is 384 g/mol. The highest BCUT2D eigenvalue weighted by Crippen LogP contribution is 2.28. The fraction of sp³-hybridized carbons (Fsp3) is 0.318. The van der Waals surface area contributed by atoms with Crippen LogP contribution in [0.15, 0.2) is 41.1 Å². The predicted molar refractivity (Wildman–Crippen MR) is 108 cm³/mol. The van der Waals surface area contributed by atoms with Gasteiger partial charge in [-0.2, -0.15) is 10.2 Å². The van der Waals surface area contributed by atoms with Crippen molar-refractivity contribution in [3.05, 3.63) is 47.8 Å². The SMILES string of the molecule is CCOC(=O)CCc1cc(-c2noc(-c3ccc(OC(C)C)c(C#N)c3)n2)ccn1. The van der Waals surface area contributed by atoms with E-state index in [-0.39, 0.29) is 18.5 Å². The van der Waals surface area contributed by atoms with E-state index in [4.69, 9.17) is 14.0 Å². The number of hydrogen-bond acceptors (Lipinski definition) is 8. The van der Waals surface area contributed by atoms with Crippen molar-refractivity contribution in [2.75, 3.05) is 6.61 Å². The average Bonchev–Trinajstić information content (AvgIpc) is 3.23. The van der Waals surface area contributed by atoms with Gasteiger partial charge in [0, 0.05) is 29.4 Å². The summed E-state index contributed by atoms with van der Waals surface area (Å²) < 4.78 is 16.0. The first-order valence-electron chi connectivity index (χ1n) is 9.66. The molecule has 154 valence electrons.